The van der Waals surface area contributed by atoms with Gasteiger partial charge in [0.2, 0.25) is 5.95 Å². The number of nitrogens with zero attached hydrogens (tertiary/aromatic N) is 3. The maximum Gasteiger partial charge on any atom is 0.416 e. The van der Waals surface area contributed by atoms with Crippen LogP contribution in [0, 0.1) is 0 Å². The molecule has 1 aromatic heterocycles. The number of imidazole rings is 1. The zero-order chi connectivity index (χ0) is 15.3. The van der Waals surface area contributed by atoms with E-state index in [4.69, 9.17) is 0 Å². The van der Waals surface area contributed by atoms with Crippen LogP contribution in [0.15, 0.2) is 41.6 Å². The zero-order valence-corrected chi connectivity index (χ0v) is 11.4. The molecule has 0 bridgehead atoms. The van der Waals surface area contributed by atoms with Crippen LogP contribution in [0.4, 0.5) is 19.1 Å². The van der Waals surface area contributed by atoms with Gasteiger partial charge in [-0.25, -0.2) is 17.7 Å². The minimum atomic E-state index is -4.59. The molecule has 112 valence electrons. The van der Waals surface area contributed by atoms with Gasteiger partial charge in [-0.3, -0.25) is 0 Å². The summed E-state index contributed by atoms with van der Waals surface area (Å²) in [6, 6.07) is 3.71. The summed E-state index contributed by atoms with van der Waals surface area (Å²) in [5.41, 5.74) is -0.994. The van der Waals surface area contributed by atoms with Crippen LogP contribution in [0.2, 0.25) is 0 Å². The van der Waals surface area contributed by atoms with Crippen molar-refractivity contribution in [2.45, 2.75) is 17.6 Å². The van der Waals surface area contributed by atoms with Gasteiger partial charge in [0, 0.05) is 18.9 Å². The maximum atomic E-state index is 12.7. The highest BCUT2D eigenvalue weighted by molar-refractivity contribution is 7.92. The van der Waals surface area contributed by atoms with Gasteiger partial charge in [0.1, 0.15) is 0 Å². The fraction of sp³-hybridized carbons (Fsp3) is 0.250. The first-order valence-electron chi connectivity index (χ1n) is 6.01. The van der Waals surface area contributed by atoms with Gasteiger partial charge in [0.25, 0.3) is 10.0 Å². The van der Waals surface area contributed by atoms with Crippen LogP contribution in [-0.2, 0) is 22.7 Å². The molecular weight excluding hydrogens is 307 g/mol. The van der Waals surface area contributed by atoms with Gasteiger partial charge in [0.15, 0.2) is 0 Å². The van der Waals surface area contributed by atoms with Gasteiger partial charge in [-0.15, -0.1) is 0 Å². The molecule has 1 aliphatic rings. The lowest BCUT2D eigenvalue weighted by Gasteiger charge is -2.17. The number of rotatable bonds is 2. The molecular formula is C12H10F3N3O2S. The quantitative estimate of drug-likeness (QED) is 0.852. The highest BCUT2D eigenvalue weighted by atomic mass is 32.2. The van der Waals surface area contributed by atoms with E-state index < -0.39 is 26.7 Å². The Bertz CT molecular complexity index is 783. The third kappa shape index (κ3) is 2.27. The Labute approximate surface area is 118 Å². The fourth-order valence-electron chi connectivity index (χ4n) is 2.19. The number of benzene rings is 1. The third-order valence-electron chi connectivity index (χ3n) is 3.21. The van der Waals surface area contributed by atoms with Gasteiger partial charge in [-0.2, -0.15) is 13.2 Å². The number of halogens is 3. The summed E-state index contributed by atoms with van der Waals surface area (Å²) in [4.78, 5) is 3.53. The second-order valence-electron chi connectivity index (χ2n) is 4.52. The molecule has 2 aromatic rings. The van der Waals surface area contributed by atoms with E-state index in [0.29, 0.717) is 12.6 Å². The molecule has 5 nitrogen and oxygen atoms in total. The number of sulfonamides is 1. The van der Waals surface area contributed by atoms with Gasteiger partial charge in [0.05, 0.1) is 17.0 Å². The van der Waals surface area contributed by atoms with Crippen LogP contribution in [-0.4, -0.2) is 24.5 Å². The maximum absolute atomic E-state index is 12.7. The Hall–Kier alpha value is -2.03. The molecule has 0 saturated carbocycles. The minimum absolute atomic E-state index is 0.155. The van der Waals surface area contributed by atoms with E-state index in [9.17, 15) is 21.6 Å². The highest BCUT2D eigenvalue weighted by Gasteiger charge is 2.35. The lowest BCUT2D eigenvalue weighted by atomic mass is 10.2. The Kier molecular flexibility index (Phi) is 2.97. The average molecular weight is 317 g/mol. The van der Waals surface area contributed by atoms with E-state index in [1.807, 2.05) is 0 Å². The van der Waals surface area contributed by atoms with Crippen molar-refractivity contribution in [2.24, 2.45) is 0 Å². The van der Waals surface area contributed by atoms with Crippen LogP contribution in [0.1, 0.15) is 5.56 Å². The number of aromatic nitrogens is 2. The molecule has 0 unspecified atom stereocenters. The summed E-state index contributed by atoms with van der Waals surface area (Å²) < 4.78 is 65.7. The van der Waals surface area contributed by atoms with Crippen molar-refractivity contribution >= 4 is 16.0 Å². The summed E-state index contributed by atoms with van der Waals surface area (Å²) in [6.45, 7) is 0.579. The lowest BCUT2D eigenvalue weighted by molar-refractivity contribution is -0.137. The lowest BCUT2D eigenvalue weighted by Crippen LogP contribution is -2.29. The predicted molar refractivity (Wildman–Crippen MR) is 68.2 cm³/mol. The monoisotopic (exact) mass is 317 g/mol. The summed E-state index contributed by atoms with van der Waals surface area (Å²) in [5, 5.41) is 0. The first-order valence-corrected chi connectivity index (χ1v) is 7.45. The smallest absolute Gasteiger partial charge is 0.315 e. The van der Waals surface area contributed by atoms with Gasteiger partial charge >= 0.3 is 6.18 Å². The van der Waals surface area contributed by atoms with E-state index in [2.05, 4.69) is 4.98 Å². The topological polar surface area (TPSA) is 55.2 Å². The molecule has 0 spiro atoms. The van der Waals surface area contributed by atoms with Gasteiger partial charge in [-0.05, 0) is 18.2 Å². The van der Waals surface area contributed by atoms with Crippen molar-refractivity contribution in [1.82, 2.24) is 9.55 Å². The van der Waals surface area contributed by atoms with Crippen LogP contribution < -0.4 is 4.31 Å². The van der Waals surface area contributed by atoms with Crippen molar-refractivity contribution in [3.05, 3.63) is 42.2 Å². The number of anilines is 1. The Balaban J connectivity index is 2.04. The molecule has 0 amide bonds. The van der Waals surface area contributed by atoms with E-state index in [-0.39, 0.29) is 12.5 Å². The first-order chi connectivity index (χ1) is 9.80. The second kappa shape index (κ2) is 4.48. The predicted octanol–water partition coefficient (Wildman–Crippen LogP) is 2.11. The SMILES string of the molecule is O=S(=O)(c1cccc(C(F)(F)F)c1)N1CCn2ccnc21. The summed E-state index contributed by atoms with van der Waals surface area (Å²) in [7, 11) is -4.05. The molecule has 0 aliphatic carbocycles. The fourth-order valence-corrected chi connectivity index (χ4v) is 3.66. The Morgan fingerprint density at radius 3 is 2.67 bits per heavy atom. The molecule has 0 N–H and O–H groups in total. The molecule has 21 heavy (non-hydrogen) atoms. The van der Waals surface area contributed by atoms with Crippen molar-refractivity contribution in [3.63, 3.8) is 0 Å². The van der Waals surface area contributed by atoms with Crippen LogP contribution in [0.25, 0.3) is 0 Å². The zero-order valence-electron chi connectivity index (χ0n) is 10.6. The van der Waals surface area contributed by atoms with Crippen molar-refractivity contribution in [1.29, 1.82) is 0 Å². The number of hydrogen-bond donors (Lipinski definition) is 0. The van der Waals surface area contributed by atoms with Gasteiger partial charge in [-0.1, -0.05) is 6.07 Å². The van der Waals surface area contributed by atoms with E-state index in [0.717, 1.165) is 22.5 Å². The first kappa shape index (κ1) is 13.9. The van der Waals surface area contributed by atoms with Crippen LogP contribution in [0.5, 0.6) is 0 Å². The van der Waals surface area contributed by atoms with Crippen LogP contribution in [0.3, 0.4) is 0 Å². The van der Waals surface area contributed by atoms with Crippen molar-refractivity contribution in [3.8, 4) is 0 Å². The largest absolute Gasteiger partial charge is 0.416 e. The Morgan fingerprint density at radius 2 is 1.95 bits per heavy atom. The molecule has 1 aliphatic heterocycles. The molecule has 0 fully saturated rings. The number of fused-ring (bicyclic) bond motifs is 1. The highest BCUT2D eigenvalue weighted by Crippen LogP contribution is 2.32. The molecule has 2 heterocycles. The van der Waals surface area contributed by atoms with E-state index >= 15 is 0 Å². The number of hydrogen-bond acceptors (Lipinski definition) is 3. The molecule has 3 rings (SSSR count). The van der Waals surface area contributed by atoms with E-state index in [1.165, 1.54) is 6.20 Å². The normalized spacial score (nSPS) is 15.3. The summed E-state index contributed by atoms with van der Waals surface area (Å²) >= 11 is 0. The molecule has 0 radical (unpaired) electrons. The average Bonchev–Trinajstić information content (AvgIpc) is 2.99. The van der Waals surface area contributed by atoms with E-state index in [1.54, 1.807) is 10.8 Å². The summed E-state index contributed by atoms with van der Waals surface area (Å²) in [6.07, 6.45) is -1.52. The summed E-state index contributed by atoms with van der Waals surface area (Å²) in [5.74, 6) is 0.215. The molecule has 0 atom stereocenters. The van der Waals surface area contributed by atoms with Crippen LogP contribution >= 0.6 is 0 Å². The minimum Gasteiger partial charge on any atom is -0.315 e. The molecule has 0 saturated heterocycles. The Morgan fingerprint density at radius 1 is 1.19 bits per heavy atom. The third-order valence-corrected chi connectivity index (χ3v) is 4.99. The second-order valence-corrected chi connectivity index (χ2v) is 6.39. The standard InChI is InChI=1S/C12H10F3N3O2S/c13-12(14,15)9-2-1-3-10(8-9)21(19,20)18-7-6-17-5-4-16-11(17)18/h1-5,8H,6-7H2. The van der Waals surface area contributed by atoms with Gasteiger partial charge < -0.3 is 4.57 Å². The molecule has 9 heteroatoms. The van der Waals surface area contributed by atoms with Crippen molar-refractivity contribution in [2.75, 3.05) is 10.8 Å². The molecule has 1 aromatic carbocycles. The van der Waals surface area contributed by atoms with Crippen molar-refractivity contribution < 1.29 is 21.6 Å². The number of alkyl halides is 3.